The van der Waals surface area contributed by atoms with E-state index in [1.165, 1.54) is 11.8 Å². The summed E-state index contributed by atoms with van der Waals surface area (Å²) in [4.78, 5) is 26.2. The standard InChI is InChI=1S/C18H22N2O5S2/c1-12(25-16(21)10-27-18(26)20-6-2-3-7-20)17(22)19-9-13-4-5-14-15(8-13)24-11-23-14/h4-5,8,12H,2-3,6-7,9-11H2,1H3,(H,19,22)/t12-/m1/s1. The van der Waals surface area contributed by atoms with Crippen molar-refractivity contribution in [3.8, 4) is 11.5 Å². The van der Waals surface area contributed by atoms with Crippen molar-refractivity contribution < 1.29 is 23.8 Å². The van der Waals surface area contributed by atoms with Gasteiger partial charge in [-0.3, -0.25) is 9.59 Å². The van der Waals surface area contributed by atoms with E-state index in [2.05, 4.69) is 10.2 Å². The number of rotatable bonds is 6. The molecule has 1 N–H and O–H groups in total. The van der Waals surface area contributed by atoms with Gasteiger partial charge in [0.25, 0.3) is 5.91 Å². The van der Waals surface area contributed by atoms with Crippen molar-refractivity contribution in [3.05, 3.63) is 23.8 Å². The minimum Gasteiger partial charge on any atom is -0.454 e. The minimum atomic E-state index is -0.868. The smallest absolute Gasteiger partial charge is 0.317 e. The van der Waals surface area contributed by atoms with Gasteiger partial charge in [0.05, 0.1) is 5.75 Å². The molecule has 0 radical (unpaired) electrons. The van der Waals surface area contributed by atoms with Crippen molar-refractivity contribution in [2.45, 2.75) is 32.4 Å². The van der Waals surface area contributed by atoms with E-state index in [-0.39, 0.29) is 18.5 Å². The van der Waals surface area contributed by atoms with Crippen LogP contribution in [-0.2, 0) is 20.9 Å². The normalized spacial score (nSPS) is 16.1. The summed E-state index contributed by atoms with van der Waals surface area (Å²) in [5.41, 5.74) is 0.873. The van der Waals surface area contributed by atoms with Crippen LogP contribution in [0.1, 0.15) is 25.3 Å². The Hall–Kier alpha value is -2.00. The Morgan fingerprint density at radius 2 is 2.04 bits per heavy atom. The number of nitrogens with one attached hydrogen (secondary N) is 1. The lowest BCUT2D eigenvalue weighted by Gasteiger charge is -2.18. The third-order valence-electron chi connectivity index (χ3n) is 4.26. The van der Waals surface area contributed by atoms with Crippen LogP contribution in [0.25, 0.3) is 0 Å². The molecule has 0 unspecified atom stereocenters. The predicted molar refractivity (Wildman–Crippen MR) is 106 cm³/mol. The SMILES string of the molecule is C[C@@H](OC(=O)CSC(=S)N1CCCC1)C(=O)NCc1ccc2c(c1)OCO2. The topological polar surface area (TPSA) is 77.1 Å². The van der Waals surface area contributed by atoms with Gasteiger partial charge in [0, 0.05) is 19.6 Å². The number of esters is 1. The van der Waals surface area contributed by atoms with Crippen molar-refractivity contribution in [1.82, 2.24) is 10.2 Å². The van der Waals surface area contributed by atoms with E-state index in [0.717, 1.165) is 31.5 Å². The number of ether oxygens (including phenoxy) is 3. The number of likely N-dealkylation sites (tertiary alicyclic amines) is 1. The zero-order chi connectivity index (χ0) is 19.2. The molecule has 1 aromatic rings. The number of hydrogen-bond donors (Lipinski definition) is 1. The summed E-state index contributed by atoms with van der Waals surface area (Å²) in [5.74, 6) is 0.652. The molecular weight excluding hydrogens is 388 g/mol. The average Bonchev–Trinajstić information content (AvgIpc) is 3.35. The number of carbonyl (C=O) groups is 2. The van der Waals surface area contributed by atoms with Crippen LogP contribution < -0.4 is 14.8 Å². The van der Waals surface area contributed by atoms with Gasteiger partial charge in [0.15, 0.2) is 17.6 Å². The number of fused-ring (bicyclic) bond motifs is 1. The molecule has 0 aromatic heterocycles. The molecule has 1 fully saturated rings. The molecule has 1 saturated heterocycles. The molecule has 0 saturated carbocycles. The van der Waals surface area contributed by atoms with Crippen LogP contribution in [0, 0.1) is 0 Å². The fourth-order valence-electron chi connectivity index (χ4n) is 2.78. The van der Waals surface area contributed by atoms with E-state index < -0.39 is 12.1 Å². The van der Waals surface area contributed by atoms with Crippen LogP contribution in [0.4, 0.5) is 0 Å². The van der Waals surface area contributed by atoms with Crippen LogP contribution in [0.5, 0.6) is 11.5 Å². The van der Waals surface area contributed by atoms with Gasteiger partial charge >= 0.3 is 5.97 Å². The molecule has 0 bridgehead atoms. The molecule has 1 amide bonds. The number of thiocarbonyl (C=S) groups is 1. The number of thioether (sulfide) groups is 1. The van der Waals surface area contributed by atoms with Crippen LogP contribution in [0.15, 0.2) is 18.2 Å². The lowest BCUT2D eigenvalue weighted by Crippen LogP contribution is -2.36. The van der Waals surface area contributed by atoms with Gasteiger partial charge in [-0.2, -0.15) is 0 Å². The Kier molecular flexibility index (Phi) is 6.78. The molecule has 27 heavy (non-hydrogen) atoms. The maximum atomic E-state index is 12.1. The summed E-state index contributed by atoms with van der Waals surface area (Å²) >= 11 is 6.59. The van der Waals surface area contributed by atoms with Crippen LogP contribution in [-0.4, -0.2) is 52.8 Å². The Bertz CT molecular complexity index is 722. The van der Waals surface area contributed by atoms with Gasteiger partial charge in [-0.25, -0.2) is 0 Å². The lowest BCUT2D eigenvalue weighted by atomic mass is 10.2. The quantitative estimate of drug-likeness (QED) is 0.564. The summed E-state index contributed by atoms with van der Waals surface area (Å²) in [6.45, 7) is 3.96. The number of carbonyl (C=O) groups excluding carboxylic acids is 2. The third-order valence-corrected chi connectivity index (χ3v) is 5.76. The highest BCUT2D eigenvalue weighted by Gasteiger charge is 2.20. The Morgan fingerprint density at radius 3 is 2.81 bits per heavy atom. The number of nitrogens with zero attached hydrogens (tertiary/aromatic N) is 1. The molecule has 7 nitrogen and oxygen atoms in total. The van der Waals surface area contributed by atoms with E-state index in [4.69, 9.17) is 26.4 Å². The van der Waals surface area contributed by atoms with Gasteiger partial charge < -0.3 is 24.4 Å². The summed E-state index contributed by atoms with van der Waals surface area (Å²) in [6, 6.07) is 5.46. The van der Waals surface area contributed by atoms with Gasteiger partial charge in [-0.1, -0.05) is 30.0 Å². The fourth-order valence-corrected chi connectivity index (χ4v) is 3.81. The molecule has 3 rings (SSSR count). The number of hydrogen-bond acceptors (Lipinski definition) is 7. The molecule has 0 spiro atoms. The van der Waals surface area contributed by atoms with Gasteiger partial charge in [0.2, 0.25) is 6.79 Å². The van der Waals surface area contributed by atoms with Crippen molar-refractivity contribution in [3.63, 3.8) is 0 Å². The molecule has 1 atom stereocenters. The van der Waals surface area contributed by atoms with Crippen molar-refractivity contribution >= 4 is 40.2 Å². The summed E-state index contributed by atoms with van der Waals surface area (Å²) in [7, 11) is 0. The predicted octanol–water partition coefficient (Wildman–Crippen LogP) is 2.08. The van der Waals surface area contributed by atoms with E-state index >= 15 is 0 Å². The first-order valence-corrected chi connectivity index (χ1v) is 10.2. The number of benzene rings is 1. The largest absolute Gasteiger partial charge is 0.454 e. The molecular formula is C18H22N2O5S2. The van der Waals surface area contributed by atoms with Gasteiger partial charge in [0.1, 0.15) is 4.32 Å². The van der Waals surface area contributed by atoms with Crippen LogP contribution >= 0.6 is 24.0 Å². The Balaban J connectivity index is 1.38. The van der Waals surface area contributed by atoms with E-state index in [1.807, 2.05) is 12.1 Å². The monoisotopic (exact) mass is 410 g/mol. The maximum absolute atomic E-state index is 12.1. The van der Waals surface area contributed by atoms with Crippen molar-refractivity contribution in [2.24, 2.45) is 0 Å². The van der Waals surface area contributed by atoms with Crippen molar-refractivity contribution in [2.75, 3.05) is 25.6 Å². The van der Waals surface area contributed by atoms with E-state index in [1.54, 1.807) is 13.0 Å². The molecule has 1 aromatic carbocycles. The number of amides is 1. The van der Waals surface area contributed by atoms with E-state index in [9.17, 15) is 9.59 Å². The summed E-state index contributed by atoms with van der Waals surface area (Å²) in [5, 5.41) is 2.75. The minimum absolute atomic E-state index is 0.106. The lowest BCUT2D eigenvalue weighted by molar-refractivity contribution is -0.152. The fraction of sp³-hybridized carbons (Fsp3) is 0.500. The first-order chi connectivity index (χ1) is 13.0. The first-order valence-electron chi connectivity index (χ1n) is 8.80. The highest BCUT2D eigenvalue weighted by molar-refractivity contribution is 8.23. The van der Waals surface area contributed by atoms with Crippen LogP contribution in [0.3, 0.4) is 0 Å². The Labute approximate surface area is 167 Å². The average molecular weight is 411 g/mol. The molecule has 2 heterocycles. The zero-order valence-electron chi connectivity index (χ0n) is 15.1. The van der Waals surface area contributed by atoms with Crippen LogP contribution in [0.2, 0.25) is 0 Å². The van der Waals surface area contributed by atoms with Gasteiger partial charge in [-0.15, -0.1) is 0 Å². The molecule has 2 aliphatic rings. The highest BCUT2D eigenvalue weighted by atomic mass is 32.2. The highest BCUT2D eigenvalue weighted by Crippen LogP contribution is 2.32. The first kappa shape index (κ1) is 19.8. The molecule has 9 heteroatoms. The molecule has 146 valence electrons. The molecule has 0 aliphatic carbocycles. The summed E-state index contributed by atoms with van der Waals surface area (Å²) in [6.07, 6.45) is 1.39. The second-order valence-corrected chi connectivity index (χ2v) is 7.90. The van der Waals surface area contributed by atoms with E-state index in [0.29, 0.717) is 22.4 Å². The van der Waals surface area contributed by atoms with Crippen molar-refractivity contribution in [1.29, 1.82) is 0 Å². The maximum Gasteiger partial charge on any atom is 0.317 e. The zero-order valence-corrected chi connectivity index (χ0v) is 16.7. The summed E-state index contributed by atoms with van der Waals surface area (Å²) < 4.78 is 16.5. The second-order valence-electron chi connectivity index (χ2n) is 6.29. The van der Waals surface area contributed by atoms with Gasteiger partial charge in [-0.05, 0) is 37.5 Å². The molecule has 2 aliphatic heterocycles. The Morgan fingerprint density at radius 1 is 1.30 bits per heavy atom. The third kappa shape index (κ3) is 5.49. The second kappa shape index (κ2) is 9.27.